The minimum absolute atomic E-state index is 0.223. The molecule has 19 heavy (non-hydrogen) atoms. The van der Waals surface area contributed by atoms with Gasteiger partial charge in [-0.1, -0.05) is 15.9 Å². The Balaban J connectivity index is 2.27. The quantitative estimate of drug-likeness (QED) is 0.867. The zero-order valence-corrected chi connectivity index (χ0v) is 11.9. The van der Waals surface area contributed by atoms with Gasteiger partial charge in [0.25, 0.3) is 0 Å². The zero-order valence-electron chi connectivity index (χ0n) is 10.3. The van der Waals surface area contributed by atoms with E-state index in [1.54, 1.807) is 0 Å². The SMILES string of the molecule is N[C@@H](c1cc(C(F)(F)F)ccc1Br)C1CCNCC1. The molecule has 0 unspecified atom stereocenters. The molecule has 106 valence electrons. The number of alkyl halides is 3. The number of hydrogen-bond donors (Lipinski definition) is 2. The highest BCUT2D eigenvalue weighted by Crippen LogP contribution is 2.36. The molecule has 0 amide bonds. The van der Waals surface area contributed by atoms with Crippen LogP contribution in [0.2, 0.25) is 0 Å². The van der Waals surface area contributed by atoms with Crippen molar-refractivity contribution < 1.29 is 13.2 Å². The molecule has 2 nitrogen and oxygen atoms in total. The van der Waals surface area contributed by atoms with E-state index in [-0.39, 0.29) is 12.0 Å². The average Bonchev–Trinajstić information content (AvgIpc) is 2.38. The van der Waals surface area contributed by atoms with Crippen molar-refractivity contribution in [2.24, 2.45) is 11.7 Å². The highest BCUT2D eigenvalue weighted by molar-refractivity contribution is 9.10. The third kappa shape index (κ3) is 3.49. The van der Waals surface area contributed by atoms with E-state index in [1.807, 2.05) is 0 Å². The monoisotopic (exact) mass is 336 g/mol. The van der Waals surface area contributed by atoms with Crippen molar-refractivity contribution in [1.29, 1.82) is 0 Å². The van der Waals surface area contributed by atoms with Gasteiger partial charge in [0, 0.05) is 10.5 Å². The lowest BCUT2D eigenvalue weighted by molar-refractivity contribution is -0.137. The molecule has 1 aliphatic heterocycles. The summed E-state index contributed by atoms with van der Waals surface area (Å²) in [6, 6.07) is 3.30. The lowest BCUT2D eigenvalue weighted by Crippen LogP contribution is -2.34. The first-order valence-corrected chi connectivity index (χ1v) is 7.02. The van der Waals surface area contributed by atoms with Crippen molar-refractivity contribution in [2.45, 2.75) is 25.1 Å². The largest absolute Gasteiger partial charge is 0.416 e. The van der Waals surface area contributed by atoms with Crippen LogP contribution in [0.15, 0.2) is 22.7 Å². The van der Waals surface area contributed by atoms with E-state index in [9.17, 15) is 13.2 Å². The molecule has 1 aliphatic rings. The molecule has 6 heteroatoms. The van der Waals surface area contributed by atoms with E-state index in [0.29, 0.717) is 10.0 Å². The topological polar surface area (TPSA) is 38.0 Å². The number of nitrogens with two attached hydrogens (primary N) is 1. The van der Waals surface area contributed by atoms with E-state index in [1.165, 1.54) is 6.07 Å². The Morgan fingerprint density at radius 3 is 2.47 bits per heavy atom. The molecule has 1 aromatic carbocycles. The second-order valence-electron chi connectivity index (χ2n) is 4.85. The molecule has 1 saturated heterocycles. The summed E-state index contributed by atoms with van der Waals surface area (Å²) in [6.45, 7) is 1.74. The molecule has 0 saturated carbocycles. The molecule has 0 spiro atoms. The molecule has 1 atom stereocenters. The fourth-order valence-corrected chi connectivity index (χ4v) is 2.94. The molecule has 3 N–H and O–H groups in total. The van der Waals surface area contributed by atoms with Crippen LogP contribution in [0.25, 0.3) is 0 Å². The molecular weight excluding hydrogens is 321 g/mol. The van der Waals surface area contributed by atoms with Gasteiger partial charge in [-0.2, -0.15) is 13.2 Å². The highest BCUT2D eigenvalue weighted by Gasteiger charge is 2.32. The molecule has 2 rings (SSSR count). The Hall–Kier alpha value is -0.590. The first-order valence-electron chi connectivity index (χ1n) is 6.22. The Kier molecular flexibility index (Phi) is 4.53. The van der Waals surface area contributed by atoms with Crippen molar-refractivity contribution in [3.8, 4) is 0 Å². The molecule has 0 bridgehead atoms. The summed E-state index contributed by atoms with van der Waals surface area (Å²) in [7, 11) is 0. The van der Waals surface area contributed by atoms with Crippen molar-refractivity contribution in [3.05, 3.63) is 33.8 Å². The van der Waals surface area contributed by atoms with Crippen molar-refractivity contribution in [1.82, 2.24) is 5.32 Å². The van der Waals surface area contributed by atoms with Crippen LogP contribution in [-0.2, 0) is 6.18 Å². The van der Waals surface area contributed by atoms with E-state index in [4.69, 9.17) is 5.73 Å². The Bertz CT molecular complexity index is 442. The van der Waals surface area contributed by atoms with E-state index in [0.717, 1.165) is 38.1 Å². The average molecular weight is 337 g/mol. The minimum Gasteiger partial charge on any atom is -0.324 e. The van der Waals surface area contributed by atoms with Gasteiger partial charge in [-0.25, -0.2) is 0 Å². The lowest BCUT2D eigenvalue weighted by atomic mass is 9.86. The maximum absolute atomic E-state index is 12.7. The van der Waals surface area contributed by atoms with Crippen molar-refractivity contribution in [3.63, 3.8) is 0 Å². The van der Waals surface area contributed by atoms with Crippen LogP contribution in [-0.4, -0.2) is 13.1 Å². The normalized spacial score (nSPS) is 19.4. The first kappa shape index (κ1) is 14.8. The Morgan fingerprint density at radius 1 is 1.26 bits per heavy atom. The Labute approximate surface area is 118 Å². The van der Waals surface area contributed by atoms with Gasteiger partial charge in [0.2, 0.25) is 0 Å². The fraction of sp³-hybridized carbons (Fsp3) is 0.538. The number of nitrogens with one attached hydrogen (secondary N) is 1. The molecule has 0 aliphatic carbocycles. The lowest BCUT2D eigenvalue weighted by Gasteiger charge is -2.29. The van der Waals surface area contributed by atoms with Gasteiger partial charge in [-0.05, 0) is 55.6 Å². The third-order valence-corrected chi connectivity index (χ3v) is 4.30. The molecule has 0 radical (unpaired) electrons. The minimum atomic E-state index is -4.33. The number of benzene rings is 1. The molecule has 1 heterocycles. The molecule has 1 aromatic rings. The van der Waals surface area contributed by atoms with Crippen LogP contribution in [0.5, 0.6) is 0 Å². The zero-order chi connectivity index (χ0) is 14.0. The van der Waals surface area contributed by atoms with Crippen LogP contribution < -0.4 is 11.1 Å². The Morgan fingerprint density at radius 2 is 1.89 bits per heavy atom. The maximum atomic E-state index is 12.7. The third-order valence-electron chi connectivity index (χ3n) is 3.57. The van der Waals surface area contributed by atoms with Gasteiger partial charge in [-0.3, -0.25) is 0 Å². The summed E-state index contributed by atoms with van der Waals surface area (Å²) in [5.74, 6) is 0.223. The van der Waals surface area contributed by atoms with Crippen molar-refractivity contribution >= 4 is 15.9 Å². The number of piperidine rings is 1. The summed E-state index contributed by atoms with van der Waals surface area (Å²) < 4.78 is 38.9. The van der Waals surface area contributed by atoms with Gasteiger partial charge in [0.1, 0.15) is 0 Å². The second-order valence-corrected chi connectivity index (χ2v) is 5.70. The van der Waals surface area contributed by atoms with Crippen LogP contribution in [0.4, 0.5) is 13.2 Å². The maximum Gasteiger partial charge on any atom is 0.416 e. The summed E-state index contributed by atoms with van der Waals surface area (Å²) in [4.78, 5) is 0. The van der Waals surface area contributed by atoms with Gasteiger partial charge in [0.05, 0.1) is 5.56 Å². The predicted octanol–water partition coefficient (Wildman–Crippen LogP) is 3.47. The number of halogens is 4. The molecule has 1 fully saturated rings. The first-order chi connectivity index (χ1) is 8.89. The van der Waals surface area contributed by atoms with Crippen LogP contribution in [0.1, 0.15) is 30.0 Å². The van der Waals surface area contributed by atoms with E-state index >= 15 is 0 Å². The van der Waals surface area contributed by atoms with Crippen LogP contribution in [0, 0.1) is 5.92 Å². The van der Waals surface area contributed by atoms with E-state index in [2.05, 4.69) is 21.2 Å². The van der Waals surface area contributed by atoms with Gasteiger partial charge in [-0.15, -0.1) is 0 Å². The van der Waals surface area contributed by atoms with Crippen LogP contribution in [0.3, 0.4) is 0 Å². The number of hydrogen-bond acceptors (Lipinski definition) is 2. The highest BCUT2D eigenvalue weighted by atomic mass is 79.9. The standard InChI is InChI=1S/C13H16BrF3N2/c14-11-2-1-9(13(15,16)17)7-10(11)12(18)8-3-5-19-6-4-8/h1-2,7-8,12,19H,3-6,18H2/t12-/m1/s1. The van der Waals surface area contributed by atoms with Crippen molar-refractivity contribution in [2.75, 3.05) is 13.1 Å². The molecule has 0 aromatic heterocycles. The summed E-state index contributed by atoms with van der Waals surface area (Å²) in [5.41, 5.74) is 6.06. The smallest absolute Gasteiger partial charge is 0.324 e. The van der Waals surface area contributed by atoms with Gasteiger partial charge >= 0.3 is 6.18 Å². The fourth-order valence-electron chi connectivity index (χ4n) is 2.43. The summed E-state index contributed by atoms with van der Waals surface area (Å²) in [6.07, 6.45) is -2.54. The van der Waals surface area contributed by atoms with Gasteiger partial charge in [0.15, 0.2) is 0 Å². The summed E-state index contributed by atoms with van der Waals surface area (Å²) >= 11 is 3.30. The van der Waals surface area contributed by atoms with E-state index < -0.39 is 11.7 Å². The van der Waals surface area contributed by atoms with Crippen LogP contribution >= 0.6 is 15.9 Å². The van der Waals surface area contributed by atoms with Gasteiger partial charge < -0.3 is 11.1 Å². The number of rotatable bonds is 2. The predicted molar refractivity (Wildman–Crippen MR) is 71.7 cm³/mol. The molecular formula is C13H16BrF3N2. The second kappa shape index (κ2) is 5.81. The summed E-state index contributed by atoms with van der Waals surface area (Å²) in [5, 5.41) is 3.22.